The summed E-state index contributed by atoms with van der Waals surface area (Å²) >= 11 is 0. The van der Waals surface area contributed by atoms with E-state index in [1.807, 2.05) is 19.1 Å². The molecule has 0 aromatic heterocycles. The molecule has 2 aromatic carbocycles. The summed E-state index contributed by atoms with van der Waals surface area (Å²) in [5.74, 6) is 0.235. The molecule has 0 radical (unpaired) electrons. The van der Waals surface area contributed by atoms with Gasteiger partial charge in [-0.3, -0.25) is 9.59 Å². The third-order valence-corrected chi connectivity index (χ3v) is 4.27. The number of ketones is 2. The molecule has 0 unspecified atom stereocenters. The van der Waals surface area contributed by atoms with Crippen LogP contribution in [0.4, 0.5) is 0 Å². The zero-order valence-corrected chi connectivity index (χ0v) is 14.6. The highest BCUT2D eigenvalue weighted by Crippen LogP contribution is 2.21. The Morgan fingerprint density at radius 3 is 2.42 bits per heavy atom. The molecule has 0 aliphatic carbocycles. The SMILES string of the molecule is CCCCc1cc(C(C)=O)ccc1CC(=O)c1ccc(O)cc1C. The van der Waals surface area contributed by atoms with E-state index in [1.165, 1.54) is 6.07 Å². The maximum Gasteiger partial charge on any atom is 0.167 e. The quantitative estimate of drug-likeness (QED) is 0.753. The Kier molecular flexibility index (Phi) is 5.91. The van der Waals surface area contributed by atoms with E-state index in [4.69, 9.17) is 0 Å². The van der Waals surface area contributed by atoms with Crippen LogP contribution in [0.5, 0.6) is 5.75 Å². The highest BCUT2D eigenvalue weighted by atomic mass is 16.3. The first-order valence-corrected chi connectivity index (χ1v) is 8.38. The maximum atomic E-state index is 12.6. The number of phenolic OH excluding ortho intramolecular Hbond substituents is 1. The van der Waals surface area contributed by atoms with E-state index in [0.29, 0.717) is 17.5 Å². The largest absolute Gasteiger partial charge is 0.508 e. The number of unbranched alkanes of at least 4 members (excludes halogenated alkanes) is 1. The van der Waals surface area contributed by atoms with Gasteiger partial charge in [0.1, 0.15) is 5.75 Å². The Hall–Kier alpha value is -2.42. The van der Waals surface area contributed by atoms with Gasteiger partial charge in [0.25, 0.3) is 0 Å². The molecule has 24 heavy (non-hydrogen) atoms. The fraction of sp³-hybridized carbons (Fsp3) is 0.333. The van der Waals surface area contributed by atoms with E-state index < -0.39 is 0 Å². The normalized spacial score (nSPS) is 10.6. The molecular weight excluding hydrogens is 300 g/mol. The maximum absolute atomic E-state index is 12.6. The van der Waals surface area contributed by atoms with Crippen LogP contribution in [0, 0.1) is 6.92 Å². The van der Waals surface area contributed by atoms with Gasteiger partial charge in [0.05, 0.1) is 0 Å². The fourth-order valence-electron chi connectivity index (χ4n) is 2.85. The van der Waals surface area contributed by atoms with E-state index in [2.05, 4.69) is 6.92 Å². The molecule has 0 fully saturated rings. The minimum absolute atomic E-state index is 0.0285. The molecule has 2 aromatic rings. The van der Waals surface area contributed by atoms with Gasteiger partial charge in [-0.1, -0.05) is 25.5 Å². The Bertz CT molecular complexity index is 760. The molecule has 0 saturated carbocycles. The van der Waals surface area contributed by atoms with E-state index >= 15 is 0 Å². The first-order chi connectivity index (χ1) is 11.4. The summed E-state index contributed by atoms with van der Waals surface area (Å²) in [4.78, 5) is 24.3. The monoisotopic (exact) mass is 324 g/mol. The topological polar surface area (TPSA) is 54.4 Å². The van der Waals surface area contributed by atoms with Gasteiger partial charge in [-0.05, 0) is 67.6 Å². The lowest BCUT2D eigenvalue weighted by Gasteiger charge is -2.12. The summed E-state index contributed by atoms with van der Waals surface area (Å²) in [5.41, 5.74) is 4.15. The minimum Gasteiger partial charge on any atom is -0.508 e. The first-order valence-electron chi connectivity index (χ1n) is 8.38. The number of aromatic hydroxyl groups is 1. The van der Waals surface area contributed by atoms with Gasteiger partial charge >= 0.3 is 0 Å². The van der Waals surface area contributed by atoms with Crippen molar-refractivity contribution in [1.29, 1.82) is 0 Å². The fourth-order valence-corrected chi connectivity index (χ4v) is 2.85. The predicted molar refractivity (Wildman–Crippen MR) is 95.9 cm³/mol. The summed E-state index contributed by atoms with van der Waals surface area (Å²) in [7, 11) is 0. The van der Waals surface area contributed by atoms with Gasteiger partial charge in [0, 0.05) is 17.5 Å². The zero-order valence-electron chi connectivity index (χ0n) is 14.6. The molecule has 126 valence electrons. The number of aryl methyl sites for hydroxylation is 2. The van der Waals surface area contributed by atoms with Crippen molar-refractivity contribution < 1.29 is 14.7 Å². The Balaban J connectivity index is 2.30. The van der Waals surface area contributed by atoms with Crippen LogP contribution in [-0.2, 0) is 12.8 Å². The molecule has 1 N–H and O–H groups in total. The first kappa shape index (κ1) is 17.9. The molecule has 0 heterocycles. The van der Waals surface area contributed by atoms with Gasteiger partial charge in [-0.2, -0.15) is 0 Å². The Labute approximate surface area is 143 Å². The molecule has 0 bridgehead atoms. The Morgan fingerprint density at radius 1 is 1.04 bits per heavy atom. The number of Topliss-reactive ketones (excluding diaryl/α,β-unsaturated/α-hetero) is 2. The van der Waals surface area contributed by atoms with Crippen LogP contribution in [0.1, 0.15) is 64.1 Å². The number of carbonyl (C=O) groups is 2. The van der Waals surface area contributed by atoms with E-state index in [-0.39, 0.29) is 17.3 Å². The van der Waals surface area contributed by atoms with Crippen LogP contribution in [-0.4, -0.2) is 16.7 Å². The van der Waals surface area contributed by atoms with Crippen molar-refractivity contribution >= 4 is 11.6 Å². The van der Waals surface area contributed by atoms with Crippen molar-refractivity contribution in [2.24, 2.45) is 0 Å². The van der Waals surface area contributed by atoms with Crippen LogP contribution in [0.3, 0.4) is 0 Å². The molecular formula is C21H24O3. The summed E-state index contributed by atoms with van der Waals surface area (Å²) in [5, 5.41) is 9.49. The molecule has 3 heteroatoms. The van der Waals surface area contributed by atoms with Crippen molar-refractivity contribution in [3.8, 4) is 5.75 Å². The number of carbonyl (C=O) groups excluding carboxylic acids is 2. The predicted octanol–water partition coefficient (Wildman–Crippen LogP) is 4.67. The summed E-state index contributed by atoms with van der Waals surface area (Å²) in [6.45, 7) is 5.51. The lowest BCUT2D eigenvalue weighted by molar-refractivity contribution is 0.0990. The lowest BCUT2D eigenvalue weighted by atomic mass is 9.92. The molecule has 0 saturated heterocycles. The van der Waals surface area contributed by atoms with Crippen molar-refractivity contribution in [2.45, 2.75) is 46.5 Å². The van der Waals surface area contributed by atoms with Crippen molar-refractivity contribution in [1.82, 2.24) is 0 Å². The van der Waals surface area contributed by atoms with E-state index in [9.17, 15) is 14.7 Å². The van der Waals surface area contributed by atoms with Gasteiger partial charge in [-0.15, -0.1) is 0 Å². The van der Waals surface area contributed by atoms with E-state index in [0.717, 1.165) is 36.0 Å². The second-order valence-corrected chi connectivity index (χ2v) is 6.24. The zero-order chi connectivity index (χ0) is 17.7. The smallest absolute Gasteiger partial charge is 0.167 e. The standard InChI is InChI=1S/C21H24O3/c1-4-5-6-17-12-16(15(3)22)7-8-18(17)13-21(24)20-10-9-19(23)11-14(20)2/h7-12,23H,4-6,13H2,1-3H3. The molecule has 3 nitrogen and oxygen atoms in total. The third-order valence-electron chi connectivity index (χ3n) is 4.27. The molecule has 0 atom stereocenters. The third kappa shape index (κ3) is 4.31. The highest BCUT2D eigenvalue weighted by Gasteiger charge is 2.14. The van der Waals surface area contributed by atoms with Crippen LogP contribution in [0.15, 0.2) is 36.4 Å². The number of hydrogen-bond donors (Lipinski definition) is 1. The van der Waals surface area contributed by atoms with Gasteiger partial charge in [-0.25, -0.2) is 0 Å². The average Bonchev–Trinajstić information content (AvgIpc) is 2.53. The van der Waals surface area contributed by atoms with Crippen LogP contribution in [0.25, 0.3) is 0 Å². The van der Waals surface area contributed by atoms with Gasteiger partial charge in [0.2, 0.25) is 0 Å². The minimum atomic E-state index is 0.0285. The van der Waals surface area contributed by atoms with Crippen molar-refractivity contribution in [3.05, 3.63) is 64.2 Å². The Morgan fingerprint density at radius 2 is 1.79 bits per heavy atom. The molecule has 0 aliphatic rings. The molecule has 0 amide bonds. The van der Waals surface area contributed by atoms with E-state index in [1.54, 1.807) is 25.1 Å². The number of phenols is 1. The van der Waals surface area contributed by atoms with Crippen LogP contribution < -0.4 is 0 Å². The number of rotatable bonds is 7. The van der Waals surface area contributed by atoms with Crippen molar-refractivity contribution in [2.75, 3.05) is 0 Å². The molecule has 2 rings (SSSR count). The summed E-state index contributed by atoms with van der Waals surface area (Å²) in [6.07, 6.45) is 3.27. The van der Waals surface area contributed by atoms with Gasteiger partial charge < -0.3 is 5.11 Å². The average molecular weight is 324 g/mol. The van der Waals surface area contributed by atoms with Crippen LogP contribution in [0.2, 0.25) is 0 Å². The van der Waals surface area contributed by atoms with Crippen LogP contribution >= 0.6 is 0 Å². The lowest BCUT2D eigenvalue weighted by Crippen LogP contribution is -2.08. The second-order valence-electron chi connectivity index (χ2n) is 6.24. The molecule has 0 spiro atoms. The van der Waals surface area contributed by atoms with Crippen molar-refractivity contribution in [3.63, 3.8) is 0 Å². The second kappa shape index (κ2) is 7.91. The molecule has 0 aliphatic heterocycles. The number of hydrogen-bond acceptors (Lipinski definition) is 3. The van der Waals surface area contributed by atoms with Gasteiger partial charge in [0.15, 0.2) is 11.6 Å². The highest BCUT2D eigenvalue weighted by molar-refractivity contribution is 5.99. The number of benzene rings is 2. The summed E-state index contributed by atoms with van der Waals surface area (Å²) < 4.78 is 0. The summed E-state index contributed by atoms with van der Waals surface area (Å²) in [6, 6.07) is 10.4.